The number of nitrogens with one attached hydrogen (secondary N) is 1. The zero-order chi connectivity index (χ0) is 15.2. The third-order valence-electron chi connectivity index (χ3n) is 4.28. The van der Waals surface area contributed by atoms with Crippen LogP contribution in [0.25, 0.3) is 0 Å². The van der Waals surface area contributed by atoms with Crippen molar-refractivity contribution in [2.24, 2.45) is 5.92 Å². The molecule has 1 aliphatic heterocycles. The van der Waals surface area contributed by atoms with Crippen molar-refractivity contribution in [3.63, 3.8) is 0 Å². The Morgan fingerprint density at radius 3 is 2.76 bits per heavy atom. The molecule has 1 aliphatic rings. The van der Waals surface area contributed by atoms with Gasteiger partial charge in [-0.25, -0.2) is 4.39 Å². The Balaban J connectivity index is 2.14. The highest BCUT2D eigenvalue weighted by Gasteiger charge is 2.24. The molecule has 1 aromatic carbocycles. The Labute approximate surface area is 128 Å². The summed E-state index contributed by atoms with van der Waals surface area (Å²) in [6, 6.07) is 8.02. The van der Waals surface area contributed by atoms with Gasteiger partial charge in [-0.15, -0.1) is 0 Å². The van der Waals surface area contributed by atoms with Gasteiger partial charge in [-0.2, -0.15) is 0 Å². The average molecular weight is 292 g/mol. The zero-order valence-corrected chi connectivity index (χ0v) is 13.6. The van der Waals surface area contributed by atoms with Crippen molar-refractivity contribution in [2.75, 3.05) is 19.6 Å². The molecule has 2 unspecified atom stereocenters. The molecular weight excluding hydrogens is 263 g/mol. The first kappa shape index (κ1) is 16.4. The van der Waals surface area contributed by atoms with E-state index in [1.165, 1.54) is 18.9 Å². The molecule has 118 valence electrons. The summed E-state index contributed by atoms with van der Waals surface area (Å²) in [6.07, 6.45) is 3.55. The molecule has 1 N–H and O–H groups in total. The van der Waals surface area contributed by atoms with Gasteiger partial charge in [-0.05, 0) is 49.4 Å². The van der Waals surface area contributed by atoms with E-state index >= 15 is 0 Å². The molecule has 0 bridgehead atoms. The highest BCUT2D eigenvalue weighted by Crippen LogP contribution is 2.26. The van der Waals surface area contributed by atoms with Crippen LogP contribution in [0, 0.1) is 11.7 Å². The summed E-state index contributed by atoms with van der Waals surface area (Å²) in [5, 5.41) is 3.59. The average Bonchev–Trinajstić information content (AvgIpc) is 2.92. The zero-order valence-electron chi connectivity index (χ0n) is 13.6. The van der Waals surface area contributed by atoms with Crippen LogP contribution in [-0.4, -0.2) is 30.6 Å². The lowest BCUT2D eigenvalue weighted by Crippen LogP contribution is -2.41. The predicted molar refractivity (Wildman–Crippen MR) is 86.9 cm³/mol. The molecule has 3 heteroatoms. The first-order valence-corrected chi connectivity index (χ1v) is 8.33. The summed E-state index contributed by atoms with van der Waals surface area (Å²) < 4.78 is 13.6. The van der Waals surface area contributed by atoms with E-state index in [1.807, 2.05) is 6.07 Å². The van der Waals surface area contributed by atoms with Crippen LogP contribution in [0.15, 0.2) is 24.3 Å². The van der Waals surface area contributed by atoms with E-state index in [0.29, 0.717) is 18.0 Å². The van der Waals surface area contributed by atoms with E-state index in [-0.39, 0.29) is 5.82 Å². The minimum Gasteiger partial charge on any atom is -0.313 e. The van der Waals surface area contributed by atoms with Crippen LogP contribution in [0.3, 0.4) is 0 Å². The van der Waals surface area contributed by atoms with Gasteiger partial charge in [-0.1, -0.05) is 32.9 Å². The third-order valence-corrected chi connectivity index (χ3v) is 4.28. The van der Waals surface area contributed by atoms with E-state index in [4.69, 9.17) is 0 Å². The maximum atomic E-state index is 13.6. The molecule has 0 amide bonds. The van der Waals surface area contributed by atoms with Gasteiger partial charge in [0.25, 0.3) is 0 Å². The van der Waals surface area contributed by atoms with Gasteiger partial charge in [0.15, 0.2) is 0 Å². The minimum atomic E-state index is -0.130. The Hall–Kier alpha value is -0.930. The number of benzene rings is 1. The van der Waals surface area contributed by atoms with Gasteiger partial charge in [0.2, 0.25) is 0 Å². The molecule has 1 saturated heterocycles. The second-order valence-corrected chi connectivity index (χ2v) is 6.62. The van der Waals surface area contributed by atoms with Crippen LogP contribution < -0.4 is 5.32 Å². The molecule has 21 heavy (non-hydrogen) atoms. The van der Waals surface area contributed by atoms with Crippen LogP contribution in [-0.2, 0) is 0 Å². The van der Waals surface area contributed by atoms with Gasteiger partial charge in [-0.3, -0.25) is 4.90 Å². The molecule has 0 spiro atoms. The van der Waals surface area contributed by atoms with E-state index in [2.05, 4.69) is 37.1 Å². The molecule has 0 saturated carbocycles. The van der Waals surface area contributed by atoms with Crippen molar-refractivity contribution in [1.82, 2.24) is 10.2 Å². The fraction of sp³-hybridized carbons (Fsp3) is 0.667. The molecule has 0 aliphatic carbocycles. The Morgan fingerprint density at radius 2 is 2.19 bits per heavy atom. The van der Waals surface area contributed by atoms with Gasteiger partial charge >= 0.3 is 0 Å². The predicted octanol–water partition coefficient (Wildman–Crippen LogP) is 3.99. The van der Waals surface area contributed by atoms with Gasteiger partial charge < -0.3 is 5.32 Å². The van der Waals surface area contributed by atoms with Crippen LogP contribution in [0.2, 0.25) is 0 Å². The normalized spacial score (nSPS) is 20.4. The van der Waals surface area contributed by atoms with Crippen molar-refractivity contribution in [3.8, 4) is 0 Å². The molecule has 0 radical (unpaired) electrons. The monoisotopic (exact) mass is 292 g/mol. The van der Waals surface area contributed by atoms with Crippen molar-refractivity contribution in [1.29, 1.82) is 0 Å². The lowest BCUT2D eigenvalue weighted by Gasteiger charge is -2.35. The molecule has 0 aromatic heterocycles. The van der Waals surface area contributed by atoms with Crippen LogP contribution in [0.4, 0.5) is 4.39 Å². The van der Waals surface area contributed by atoms with Crippen LogP contribution in [0.1, 0.15) is 51.6 Å². The second kappa shape index (κ2) is 7.90. The van der Waals surface area contributed by atoms with Crippen molar-refractivity contribution in [3.05, 3.63) is 35.6 Å². The molecular formula is C18H29FN2. The van der Waals surface area contributed by atoms with E-state index < -0.39 is 0 Å². The summed E-state index contributed by atoms with van der Waals surface area (Å²) in [5.74, 6) is 0.489. The number of halogens is 1. The summed E-state index contributed by atoms with van der Waals surface area (Å²) in [4.78, 5) is 2.54. The fourth-order valence-electron chi connectivity index (χ4n) is 3.41. The summed E-state index contributed by atoms with van der Waals surface area (Å²) in [7, 11) is 0. The molecule has 2 rings (SSSR count). The first-order valence-electron chi connectivity index (χ1n) is 8.33. The first-order chi connectivity index (χ1) is 10.1. The largest absolute Gasteiger partial charge is 0.313 e. The van der Waals surface area contributed by atoms with Gasteiger partial charge in [0.1, 0.15) is 5.82 Å². The topological polar surface area (TPSA) is 15.3 Å². The van der Waals surface area contributed by atoms with E-state index in [1.54, 1.807) is 6.07 Å². The quantitative estimate of drug-likeness (QED) is 0.817. The minimum absolute atomic E-state index is 0.130. The molecule has 2 nitrogen and oxygen atoms in total. The number of hydrogen-bond acceptors (Lipinski definition) is 2. The number of nitrogens with zero attached hydrogens (tertiary/aromatic N) is 1. The smallest absolute Gasteiger partial charge is 0.123 e. The van der Waals surface area contributed by atoms with Crippen molar-refractivity contribution < 1.29 is 4.39 Å². The van der Waals surface area contributed by atoms with Crippen molar-refractivity contribution >= 4 is 0 Å². The Bertz CT molecular complexity index is 427. The van der Waals surface area contributed by atoms with E-state index in [0.717, 1.165) is 31.6 Å². The summed E-state index contributed by atoms with van der Waals surface area (Å²) in [5.41, 5.74) is 1.11. The Kier molecular flexibility index (Phi) is 6.19. The van der Waals surface area contributed by atoms with Gasteiger partial charge in [0.05, 0.1) is 0 Å². The van der Waals surface area contributed by atoms with Crippen LogP contribution in [0.5, 0.6) is 0 Å². The van der Waals surface area contributed by atoms with Crippen molar-refractivity contribution in [2.45, 2.75) is 52.1 Å². The highest BCUT2D eigenvalue weighted by molar-refractivity contribution is 5.20. The molecule has 2 atom stereocenters. The fourth-order valence-corrected chi connectivity index (χ4v) is 3.41. The maximum Gasteiger partial charge on any atom is 0.123 e. The summed E-state index contributed by atoms with van der Waals surface area (Å²) in [6.45, 7) is 9.98. The lowest BCUT2D eigenvalue weighted by molar-refractivity contribution is 0.156. The third kappa shape index (κ3) is 4.79. The lowest BCUT2D eigenvalue weighted by atomic mass is 10.00. The second-order valence-electron chi connectivity index (χ2n) is 6.62. The Morgan fingerprint density at radius 1 is 1.38 bits per heavy atom. The molecule has 1 aromatic rings. The van der Waals surface area contributed by atoms with Gasteiger partial charge in [0, 0.05) is 25.2 Å². The number of rotatable bonds is 7. The van der Waals surface area contributed by atoms with Crippen LogP contribution >= 0.6 is 0 Å². The standard InChI is InChI=1S/C18H29FN2/c1-4-18(15-7-5-8-16(19)11-15)21(12-14(2)3)13-17-9-6-10-20-17/h5,7-8,11,14,17-18,20H,4,6,9-10,12-13H2,1-3H3. The SMILES string of the molecule is CCC(c1cccc(F)c1)N(CC(C)C)CC1CCCN1. The molecule has 1 fully saturated rings. The van der Waals surface area contributed by atoms with E-state index in [9.17, 15) is 4.39 Å². The summed E-state index contributed by atoms with van der Waals surface area (Å²) >= 11 is 0. The number of hydrogen-bond donors (Lipinski definition) is 1. The maximum absolute atomic E-state index is 13.6. The highest BCUT2D eigenvalue weighted by atomic mass is 19.1. The molecule has 1 heterocycles.